The van der Waals surface area contributed by atoms with Gasteiger partial charge in [0.05, 0.1) is 17.1 Å². The van der Waals surface area contributed by atoms with E-state index in [1.165, 1.54) is 10.4 Å². The number of thiophene rings is 1. The first-order valence-electron chi connectivity index (χ1n) is 6.57. The second kappa shape index (κ2) is 6.35. The second-order valence-corrected chi connectivity index (χ2v) is 8.31. The van der Waals surface area contributed by atoms with Gasteiger partial charge in [-0.1, -0.05) is 0 Å². The molecule has 0 amide bonds. The normalized spacial score (nSPS) is 23.9. The summed E-state index contributed by atoms with van der Waals surface area (Å²) >= 11 is 1.70. The zero-order valence-electron chi connectivity index (χ0n) is 11.4. The van der Waals surface area contributed by atoms with Gasteiger partial charge in [0.15, 0.2) is 9.84 Å². The van der Waals surface area contributed by atoms with Gasteiger partial charge in [-0.3, -0.25) is 0 Å². The minimum Gasteiger partial charge on any atom is -0.377 e. The van der Waals surface area contributed by atoms with Crippen LogP contribution in [0.15, 0.2) is 11.4 Å². The molecule has 0 spiro atoms. The summed E-state index contributed by atoms with van der Waals surface area (Å²) in [7, 11) is -3.04. The van der Waals surface area contributed by atoms with E-state index >= 15 is 0 Å². The number of nitrogens with one attached hydrogen (secondary N) is 1. The quantitative estimate of drug-likeness (QED) is 0.813. The van der Waals surface area contributed by atoms with Crippen molar-refractivity contribution in [3.05, 3.63) is 21.9 Å². The summed E-state index contributed by atoms with van der Waals surface area (Å²) in [6, 6.07) is 2.08. The molecule has 2 atom stereocenters. The molecule has 1 aromatic rings. The summed E-state index contributed by atoms with van der Waals surface area (Å²) in [4.78, 5) is 1.27. The third-order valence-electron chi connectivity index (χ3n) is 3.59. The Kier molecular flexibility index (Phi) is 5.00. The smallest absolute Gasteiger partial charge is 0.157 e. The topological polar surface area (TPSA) is 55.4 Å². The van der Waals surface area contributed by atoms with Crippen molar-refractivity contribution in [2.45, 2.75) is 38.2 Å². The molecule has 1 aliphatic heterocycles. The molecule has 1 aromatic heterocycles. The Hall–Kier alpha value is -0.430. The van der Waals surface area contributed by atoms with E-state index in [0.717, 1.165) is 6.54 Å². The van der Waals surface area contributed by atoms with Crippen LogP contribution in [0.25, 0.3) is 0 Å². The van der Waals surface area contributed by atoms with Crippen molar-refractivity contribution in [1.29, 1.82) is 0 Å². The van der Waals surface area contributed by atoms with Gasteiger partial charge < -0.3 is 10.1 Å². The average Bonchev–Trinajstić information content (AvgIpc) is 2.94. The molecule has 1 saturated heterocycles. The molecule has 0 aliphatic carbocycles. The van der Waals surface area contributed by atoms with E-state index in [0.29, 0.717) is 19.6 Å². The van der Waals surface area contributed by atoms with Crippen molar-refractivity contribution in [3.8, 4) is 0 Å². The van der Waals surface area contributed by atoms with Crippen molar-refractivity contribution < 1.29 is 13.2 Å². The summed E-state index contributed by atoms with van der Waals surface area (Å²) < 4.78 is 29.6. The maximum Gasteiger partial charge on any atom is 0.157 e. The van der Waals surface area contributed by atoms with Gasteiger partial charge in [-0.05, 0) is 37.3 Å². The summed E-state index contributed by atoms with van der Waals surface area (Å²) in [6.45, 7) is 5.73. The molecule has 0 bridgehead atoms. The minimum atomic E-state index is -3.04. The first kappa shape index (κ1) is 15.0. The molecule has 2 heterocycles. The van der Waals surface area contributed by atoms with Crippen LogP contribution in [-0.2, 0) is 21.1 Å². The van der Waals surface area contributed by atoms with Crippen molar-refractivity contribution >= 4 is 21.2 Å². The maximum atomic E-state index is 12.2. The molecular formula is C13H21NO3S2. The number of sulfone groups is 1. The molecule has 0 radical (unpaired) electrons. The lowest BCUT2D eigenvalue weighted by Crippen LogP contribution is -2.33. The first-order valence-corrected chi connectivity index (χ1v) is 9.17. The Morgan fingerprint density at radius 2 is 2.32 bits per heavy atom. The Balaban J connectivity index is 1.77. The van der Waals surface area contributed by atoms with Gasteiger partial charge in [0, 0.05) is 24.6 Å². The SMILES string of the molecule is Cc1ccsc1CNCCS(=O)(=O)C1CCOC1C. The van der Waals surface area contributed by atoms with Gasteiger partial charge >= 0.3 is 0 Å². The highest BCUT2D eigenvalue weighted by atomic mass is 32.2. The number of hydrogen-bond acceptors (Lipinski definition) is 5. The van der Waals surface area contributed by atoms with Crippen molar-refractivity contribution in [2.75, 3.05) is 18.9 Å². The van der Waals surface area contributed by atoms with Gasteiger partial charge in [-0.15, -0.1) is 11.3 Å². The number of hydrogen-bond donors (Lipinski definition) is 1. The van der Waals surface area contributed by atoms with Crippen LogP contribution in [0.5, 0.6) is 0 Å². The lowest BCUT2D eigenvalue weighted by molar-refractivity contribution is 0.126. The highest BCUT2D eigenvalue weighted by Crippen LogP contribution is 2.21. The molecule has 0 aromatic carbocycles. The molecule has 1 N–H and O–H groups in total. The van der Waals surface area contributed by atoms with Crippen LogP contribution in [0.1, 0.15) is 23.8 Å². The van der Waals surface area contributed by atoms with E-state index in [2.05, 4.69) is 23.7 Å². The fourth-order valence-corrected chi connectivity index (χ4v) is 5.06. The molecule has 2 rings (SSSR count). The standard InChI is InChI=1S/C13H21NO3S2/c1-10-4-7-18-12(10)9-14-5-8-19(15,16)13-3-6-17-11(13)2/h4,7,11,13-14H,3,5-6,8-9H2,1-2H3. The fraction of sp³-hybridized carbons (Fsp3) is 0.692. The van der Waals surface area contributed by atoms with Crippen molar-refractivity contribution in [3.63, 3.8) is 0 Å². The highest BCUT2D eigenvalue weighted by molar-refractivity contribution is 7.92. The molecule has 0 saturated carbocycles. The predicted molar refractivity (Wildman–Crippen MR) is 78.4 cm³/mol. The third-order valence-corrected chi connectivity index (χ3v) is 6.92. The summed E-state index contributed by atoms with van der Waals surface area (Å²) in [6.07, 6.45) is 0.470. The maximum absolute atomic E-state index is 12.2. The zero-order valence-corrected chi connectivity index (χ0v) is 13.0. The van der Waals surface area contributed by atoms with E-state index in [4.69, 9.17) is 4.74 Å². The molecule has 6 heteroatoms. The van der Waals surface area contributed by atoms with Crippen LogP contribution < -0.4 is 5.32 Å². The summed E-state index contributed by atoms with van der Waals surface area (Å²) in [5, 5.41) is 4.95. The lowest BCUT2D eigenvalue weighted by atomic mass is 10.3. The number of rotatable bonds is 6. The Labute approximate surface area is 119 Å². The van der Waals surface area contributed by atoms with Crippen LogP contribution in [-0.4, -0.2) is 38.7 Å². The van der Waals surface area contributed by atoms with Gasteiger partial charge in [-0.2, -0.15) is 0 Å². The van der Waals surface area contributed by atoms with Crippen LogP contribution >= 0.6 is 11.3 Å². The Bertz CT molecular complexity index is 510. The van der Waals surface area contributed by atoms with Crippen molar-refractivity contribution in [2.24, 2.45) is 0 Å². The van der Waals surface area contributed by atoms with E-state index in [9.17, 15) is 8.42 Å². The highest BCUT2D eigenvalue weighted by Gasteiger charge is 2.35. The van der Waals surface area contributed by atoms with Gasteiger partial charge in [0.1, 0.15) is 0 Å². The third kappa shape index (κ3) is 3.78. The minimum absolute atomic E-state index is 0.162. The lowest BCUT2D eigenvalue weighted by Gasteiger charge is -2.15. The largest absolute Gasteiger partial charge is 0.377 e. The number of aryl methyl sites for hydroxylation is 1. The fourth-order valence-electron chi connectivity index (χ4n) is 2.34. The molecule has 108 valence electrons. The predicted octanol–water partition coefficient (Wildman–Crippen LogP) is 1.74. The van der Waals surface area contributed by atoms with E-state index < -0.39 is 9.84 Å². The van der Waals surface area contributed by atoms with Crippen LogP contribution in [0, 0.1) is 6.92 Å². The molecule has 4 nitrogen and oxygen atoms in total. The summed E-state index contributed by atoms with van der Waals surface area (Å²) in [5.41, 5.74) is 1.26. The second-order valence-electron chi connectivity index (χ2n) is 4.97. The Morgan fingerprint density at radius 1 is 1.53 bits per heavy atom. The average molecular weight is 303 g/mol. The van der Waals surface area contributed by atoms with Crippen LogP contribution in [0.2, 0.25) is 0 Å². The van der Waals surface area contributed by atoms with Crippen LogP contribution in [0.4, 0.5) is 0 Å². The molecule has 1 fully saturated rings. The van der Waals surface area contributed by atoms with Crippen molar-refractivity contribution in [1.82, 2.24) is 5.32 Å². The van der Waals surface area contributed by atoms with E-state index in [1.807, 2.05) is 6.92 Å². The first-order chi connectivity index (χ1) is 9.00. The van der Waals surface area contributed by atoms with Gasteiger partial charge in [0.25, 0.3) is 0 Å². The molecule has 1 aliphatic rings. The van der Waals surface area contributed by atoms with Gasteiger partial charge in [0.2, 0.25) is 0 Å². The molecule has 19 heavy (non-hydrogen) atoms. The summed E-state index contributed by atoms with van der Waals surface area (Å²) in [5.74, 6) is 0.190. The molecular weight excluding hydrogens is 282 g/mol. The van der Waals surface area contributed by atoms with E-state index in [1.54, 1.807) is 11.3 Å². The van der Waals surface area contributed by atoms with Gasteiger partial charge in [-0.25, -0.2) is 8.42 Å². The molecule has 2 unspecified atom stereocenters. The zero-order chi connectivity index (χ0) is 13.9. The Morgan fingerprint density at radius 3 is 2.89 bits per heavy atom. The van der Waals surface area contributed by atoms with E-state index in [-0.39, 0.29) is 17.1 Å². The monoisotopic (exact) mass is 303 g/mol. The van der Waals surface area contributed by atoms with Crippen LogP contribution in [0.3, 0.4) is 0 Å². The number of ether oxygens (including phenoxy) is 1.